The molecule has 1 unspecified atom stereocenters. The Morgan fingerprint density at radius 1 is 1.27 bits per heavy atom. The van der Waals surface area contributed by atoms with Gasteiger partial charge in [-0.05, 0) is 30.8 Å². The lowest BCUT2D eigenvalue weighted by Gasteiger charge is -2.27. The molecule has 0 aromatic rings. The zero-order valence-electron chi connectivity index (χ0n) is 9.02. The van der Waals surface area contributed by atoms with Gasteiger partial charge in [-0.25, -0.2) is 0 Å². The molecule has 1 nitrogen and oxygen atoms in total. The predicted molar refractivity (Wildman–Crippen MR) is 77.6 cm³/mol. The Morgan fingerprint density at radius 2 is 1.93 bits per heavy atom. The highest BCUT2D eigenvalue weighted by molar-refractivity contribution is 8.22. The van der Waals surface area contributed by atoms with Crippen molar-refractivity contribution in [3.8, 4) is 0 Å². The lowest BCUT2D eigenvalue weighted by molar-refractivity contribution is 0.379. The van der Waals surface area contributed by atoms with Gasteiger partial charge >= 0.3 is 0 Å². The van der Waals surface area contributed by atoms with Crippen LogP contribution >= 0.6 is 32.9 Å². The van der Waals surface area contributed by atoms with Gasteiger partial charge in [0, 0.05) is 17.3 Å². The number of rotatable bonds is 2. The fourth-order valence-corrected chi connectivity index (χ4v) is 4.51. The van der Waals surface area contributed by atoms with Crippen LogP contribution in [0.3, 0.4) is 0 Å². The first-order valence-corrected chi connectivity index (χ1v) is 8.14. The van der Waals surface area contributed by atoms with Crippen molar-refractivity contribution in [3.05, 3.63) is 10.2 Å². The molecular formula is C10H18BNPS2. The summed E-state index contributed by atoms with van der Waals surface area (Å²) in [5.41, 5.74) is 0. The average molecular weight is 258 g/mol. The molecule has 15 heavy (non-hydrogen) atoms. The van der Waals surface area contributed by atoms with Gasteiger partial charge in [0.1, 0.15) is 7.28 Å². The number of nitrogens with zero attached hydrogens (tertiary/aromatic N) is 1. The molecule has 2 heterocycles. The molecule has 83 valence electrons. The van der Waals surface area contributed by atoms with Gasteiger partial charge in [0.2, 0.25) is 0 Å². The van der Waals surface area contributed by atoms with Gasteiger partial charge in [0.05, 0.1) is 0 Å². The van der Waals surface area contributed by atoms with Gasteiger partial charge < -0.3 is 0 Å². The molecule has 2 saturated heterocycles. The van der Waals surface area contributed by atoms with Crippen LogP contribution in [0.15, 0.2) is 10.2 Å². The van der Waals surface area contributed by atoms with Crippen molar-refractivity contribution in [1.29, 1.82) is 0 Å². The Balaban J connectivity index is 1.72. The van der Waals surface area contributed by atoms with Gasteiger partial charge in [-0.15, -0.1) is 29.5 Å². The van der Waals surface area contributed by atoms with Gasteiger partial charge in [0.15, 0.2) is 0 Å². The van der Waals surface area contributed by atoms with Crippen molar-refractivity contribution >= 4 is 40.2 Å². The summed E-state index contributed by atoms with van der Waals surface area (Å²) >= 11 is 4.06. The number of thioether (sulfide) groups is 2. The van der Waals surface area contributed by atoms with E-state index in [1.54, 1.807) is 0 Å². The van der Waals surface area contributed by atoms with E-state index in [0.29, 0.717) is 0 Å². The highest BCUT2D eigenvalue weighted by atomic mass is 32.2. The largest absolute Gasteiger partial charge is 0.287 e. The van der Waals surface area contributed by atoms with E-state index in [1.807, 2.05) is 23.5 Å². The lowest BCUT2D eigenvalue weighted by Crippen LogP contribution is -2.25. The van der Waals surface area contributed by atoms with Crippen molar-refractivity contribution in [3.63, 3.8) is 0 Å². The number of hydrogen-bond donors (Lipinski definition) is 0. The zero-order chi connectivity index (χ0) is 10.5. The van der Waals surface area contributed by atoms with Crippen LogP contribution in [0.25, 0.3) is 0 Å². The Hall–Kier alpha value is 0.895. The standard InChI is InChI=1S/C10H18BNPS2/c13-12-4-2-9(3-5-12)11-8-10-14-6-1-7-15-10/h8-9H,1-7,13H2. The number of hydrogen-bond acceptors (Lipinski definition) is 3. The summed E-state index contributed by atoms with van der Waals surface area (Å²) in [5, 5.41) is 0. The van der Waals surface area contributed by atoms with Crippen LogP contribution in [-0.4, -0.2) is 36.5 Å². The van der Waals surface area contributed by atoms with Crippen LogP contribution in [0.2, 0.25) is 5.82 Å². The molecule has 0 N–H and O–H groups in total. The Morgan fingerprint density at radius 3 is 2.60 bits per heavy atom. The van der Waals surface area contributed by atoms with E-state index < -0.39 is 0 Å². The molecule has 5 heteroatoms. The fraction of sp³-hybridized carbons (Fsp3) is 0.800. The highest BCUT2D eigenvalue weighted by Crippen LogP contribution is 2.35. The van der Waals surface area contributed by atoms with E-state index in [0.717, 1.165) is 5.82 Å². The maximum Gasteiger partial charge on any atom is 0.147 e. The second kappa shape index (κ2) is 6.59. The Kier molecular flexibility index (Phi) is 5.43. The monoisotopic (exact) mass is 258 g/mol. The molecule has 2 aliphatic rings. The van der Waals surface area contributed by atoms with Crippen LogP contribution in [0.4, 0.5) is 0 Å². The van der Waals surface area contributed by atoms with Gasteiger partial charge in [-0.3, -0.25) is 4.67 Å². The number of piperidine rings is 1. The molecule has 0 amide bonds. The zero-order valence-corrected chi connectivity index (χ0v) is 11.8. The maximum absolute atomic E-state index is 2.81. The second-order valence-corrected chi connectivity index (χ2v) is 7.36. The first kappa shape index (κ1) is 12.4. The summed E-state index contributed by atoms with van der Waals surface area (Å²) in [6, 6.07) is 0. The summed E-state index contributed by atoms with van der Waals surface area (Å²) in [6.07, 6.45) is 4.02. The molecule has 0 aromatic heterocycles. The third-order valence-electron chi connectivity index (χ3n) is 2.86. The first-order chi connectivity index (χ1) is 7.34. The van der Waals surface area contributed by atoms with E-state index in [2.05, 4.69) is 27.3 Å². The van der Waals surface area contributed by atoms with Crippen LogP contribution in [0.5, 0.6) is 0 Å². The average Bonchev–Trinajstić information content (AvgIpc) is 2.30. The van der Waals surface area contributed by atoms with E-state index in [4.69, 9.17) is 0 Å². The van der Waals surface area contributed by atoms with Crippen LogP contribution < -0.4 is 0 Å². The van der Waals surface area contributed by atoms with Crippen LogP contribution in [0, 0.1) is 0 Å². The van der Waals surface area contributed by atoms with E-state index in [9.17, 15) is 0 Å². The van der Waals surface area contributed by atoms with Crippen molar-refractivity contribution in [1.82, 2.24) is 4.67 Å². The molecule has 0 aliphatic carbocycles. The van der Waals surface area contributed by atoms with Gasteiger partial charge in [0.25, 0.3) is 0 Å². The third-order valence-corrected chi connectivity index (χ3v) is 5.91. The van der Waals surface area contributed by atoms with E-state index in [1.165, 1.54) is 48.1 Å². The first-order valence-electron chi connectivity index (χ1n) is 5.65. The molecule has 1 radical (unpaired) electrons. The van der Waals surface area contributed by atoms with Crippen LogP contribution in [0.1, 0.15) is 19.3 Å². The van der Waals surface area contributed by atoms with Gasteiger partial charge in [-0.2, -0.15) is 0 Å². The fourth-order valence-electron chi connectivity index (χ4n) is 1.87. The Bertz CT molecular complexity index is 221. The molecule has 0 bridgehead atoms. The minimum absolute atomic E-state index is 0.817. The van der Waals surface area contributed by atoms with Crippen molar-refractivity contribution < 1.29 is 0 Å². The minimum atomic E-state index is 0.817. The molecule has 0 saturated carbocycles. The predicted octanol–water partition coefficient (Wildman–Crippen LogP) is 3.03. The summed E-state index contributed by atoms with van der Waals surface area (Å²) in [5.74, 6) is 5.82. The quantitative estimate of drug-likeness (QED) is 0.553. The molecule has 1 atom stereocenters. The minimum Gasteiger partial charge on any atom is -0.287 e. The molecule has 2 aliphatic heterocycles. The molecule has 2 rings (SSSR count). The second-order valence-electron chi connectivity index (χ2n) is 4.10. The smallest absolute Gasteiger partial charge is 0.147 e. The summed E-state index contributed by atoms with van der Waals surface area (Å²) in [7, 11) is 5.25. The van der Waals surface area contributed by atoms with Crippen molar-refractivity contribution in [2.75, 3.05) is 24.6 Å². The van der Waals surface area contributed by atoms with Crippen molar-refractivity contribution in [2.24, 2.45) is 0 Å². The van der Waals surface area contributed by atoms with E-state index in [-0.39, 0.29) is 0 Å². The Labute approximate surface area is 105 Å². The molecule has 0 aromatic carbocycles. The summed E-state index contributed by atoms with van der Waals surface area (Å²) in [6.45, 7) is 2.46. The summed E-state index contributed by atoms with van der Waals surface area (Å²) < 4.78 is 3.89. The molecule has 2 fully saturated rings. The topological polar surface area (TPSA) is 3.24 Å². The molecular weight excluding hydrogens is 240 g/mol. The maximum atomic E-state index is 2.81. The van der Waals surface area contributed by atoms with Crippen molar-refractivity contribution in [2.45, 2.75) is 25.1 Å². The van der Waals surface area contributed by atoms with Crippen LogP contribution in [-0.2, 0) is 0 Å². The normalized spacial score (nSPS) is 25.3. The SMILES string of the molecule is PN1CCC([B]C=C2SCCCS2)CC1. The third kappa shape index (κ3) is 4.34. The highest BCUT2D eigenvalue weighted by Gasteiger charge is 2.17. The van der Waals surface area contributed by atoms with Gasteiger partial charge in [-0.1, -0.05) is 15.2 Å². The summed E-state index contributed by atoms with van der Waals surface area (Å²) in [4.78, 5) is 0. The molecule has 0 spiro atoms. The lowest BCUT2D eigenvalue weighted by atomic mass is 9.61. The van der Waals surface area contributed by atoms with E-state index >= 15 is 0 Å².